The molecule has 0 unspecified atom stereocenters. The van der Waals surface area contributed by atoms with E-state index in [-0.39, 0.29) is 12.5 Å². The van der Waals surface area contributed by atoms with Crippen LogP contribution in [0.1, 0.15) is 5.56 Å². The minimum Gasteiger partial charge on any atom is -0.487 e. The summed E-state index contributed by atoms with van der Waals surface area (Å²) in [5, 5.41) is 5.99. The molecule has 0 bridgehead atoms. The Bertz CT molecular complexity index is 869. The SMILES string of the molecule is O=C(CNc1ccccc1OCc1ccccc1)Nc1cccc(Br)c1. The quantitative estimate of drug-likeness (QED) is 0.570. The lowest BCUT2D eigenvalue weighted by molar-refractivity contribution is -0.114. The number of benzene rings is 3. The Morgan fingerprint density at radius 1 is 0.923 bits per heavy atom. The Balaban J connectivity index is 1.57. The van der Waals surface area contributed by atoms with Crippen molar-refractivity contribution in [3.8, 4) is 5.75 Å². The molecule has 1 amide bonds. The molecule has 132 valence electrons. The van der Waals surface area contributed by atoms with Crippen LogP contribution in [0.4, 0.5) is 11.4 Å². The van der Waals surface area contributed by atoms with Gasteiger partial charge >= 0.3 is 0 Å². The highest BCUT2D eigenvalue weighted by Gasteiger charge is 2.07. The summed E-state index contributed by atoms with van der Waals surface area (Å²) in [4.78, 5) is 12.2. The first kappa shape index (κ1) is 18.0. The molecule has 0 aliphatic rings. The van der Waals surface area contributed by atoms with Crippen LogP contribution in [-0.2, 0) is 11.4 Å². The fourth-order valence-corrected chi connectivity index (χ4v) is 2.82. The van der Waals surface area contributed by atoms with Gasteiger partial charge in [-0.2, -0.15) is 0 Å². The van der Waals surface area contributed by atoms with Crippen molar-refractivity contribution in [2.75, 3.05) is 17.2 Å². The first-order valence-corrected chi connectivity index (χ1v) is 9.05. The van der Waals surface area contributed by atoms with Crippen molar-refractivity contribution in [2.45, 2.75) is 6.61 Å². The lowest BCUT2D eigenvalue weighted by Gasteiger charge is -2.13. The van der Waals surface area contributed by atoms with Crippen LogP contribution in [-0.4, -0.2) is 12.5 Å². The number of anilines is 2. The molecule has 0 saturated carbocycles. The Morgan fingerprint density at radius 2 is 1.69 bits per heavy atom. The van der Waals surface area contributed by atoms with Gasteiger partial charge in [0, 0.05) is 10.2 Å². The first-order valence-electron chi connectivity index (χ1n) is 8.26. The zero-order valence-electron chi connectivity index (χ0n) is 14.1. The third kappa shape index (κ3) is 5.36. The average Bonchev–Trinajstić information content (AvgIpc) is 2.66. The van der Waals surface area contributed by atoms with Gasteiger partial charge in [0.1, 0.15) is 12.4 Å². The molecule has 3 rings (SSSR count). The van der Waals surface area contributed by atoms with E-state index in [0.29, 0.717) is 12.4 Å². The fourth-order valence-electron chi connectivity index (χ4n) is 2.42. The monoisotopic (exact) mass is 410 g/mol. The van der Waals surface area contributed by atoms with Crippen molar-refractivity contribution >= 4 is 33.2 Å². The van der Waals surface area contributed by atoms with Gasteiger partial charge in [-0.05, 0) is 35.9 Å². The Kier molecular flexibility index (Phi) is 6.28. The number of para-hydroxylation sites is 2. The lowest BCUT2D eigenvalue weighted by Crippen LogP contribution is -2.22. The second-order valence-corrected chi connectivity index (χ2v) is 6.60. The average molecular weight is 411 g/mol. The van der Waals surface area contributed by atoms with Gasteiger partial charge in [-0.15, -0.1) is 0 Å². The Morgan fingerprint density at radius 3 is 2.50 bits per heavy atom. The van der Waals surface area contributed by atoms with Gasteiger partial charge in [-0.1, -0.05) is 64.5 Å². The molecule has 0 saturated heterocycles. The first-order chi connectivity index (χ1) is 12.7. The van der Waals surface area contributed by atoms with Crippen molar-refractivity contribution in [3.63, 3.8) is 0 Å². The summed E-state index contributed by atoms with van der Waals surface area (Å²) in [7, 11) is 0. The molecule has 0 aliphatic heterocycles. The summed E-state index contributed by atoms with van der Waals surface area (Å²) in [6.07, 6.45) is 0. The van der Waals surface area contributed by atoms with Gasteiger partial charge < -0.3 is 15.4 Å². The second kappa shape index (κ2) is 9.06. The number of hydrogen-bond donors (Lipinski definition) is 2. The van der Waals surface area contributed by atoms with Crippen LogP contribution in [0.15, 0.2) is 83.3 Å². The van der Waals surface area contributed by atoms with E-state index in [4.69, 9.17) is 4.74 Å². The number of carbonyl (C=O) groups excluding carboxylic acids is 1. The minimum absolute atomic E-state index is 0.124. The topological polar surface area (TPSA) is 50.4 Å². The number of ether oxygens (including phenoxy) is 1. The van der Waals surface area contributed by atoms with Gasteiger partial charge in [0.25, 0.3) is 0 Å². The predicted molar refractivity (Wildman–Crippen MR) is 108 cm³/mol. The van der Waals surface area contributed by atoms with Crippen molar-refractivity contribution < 1.29 is 9.53 Å². The van der Waals surface area contributed by atoms with Gasteiger partial charge in [0.15, 0.2) is 0 Å². The number of nitrogens with one attached hydrogen (secondary N) is 2. The molecule has 4 nitrogen and oxygen atoms in total. The normalized spacial score (nSPS) is 10.2. The number of amides is 1. The van der Waals surface area contributed by atoms with Gasteiger partial charge in [0.2, 0.25) is 5.91 Å². The summed E-state index contributed by atoms with van der Waals surface area (Å²) in [5.41, 5.74) is 2.63. The van der Waals surface area contributed by atoms with E-state index >= 15 is 0 Å². The van der Waals surface area contributed by atoms with Crippen LogP contribution in [0.2, 0.25) is 0 Å². The molecular weight excluding hydrogens is 392 g/mol. The largest absolute Gasteiger partial charge is 0.487 e. The molecule has 0 heterocycles. The van der Waals surface area contributed by atoms with Crippen molar-refractivity contribution in [3.05, 3.63) is 88.9 Å². The van der Waals surface area contributed by atoms with E-state index in [1.54, 1.807) is 0 Å². The highest BCUT2D eigenvalue weighted by atomic mass is 79.9. The molecule has 2 N–H and O–H groups in total. The highest BCUT2D eigenvalue weighted by molar-refractivity contribution is 9.10. The van der Waals surface area contributed by atoms with E-state index in [1.165, 1.54) is 0 Å². The molecule has 26 heavy (non-hydrogen) atoms. The third-order valence-electron chi connectivity index (χ3n) is 3.67. The maximum atomic E-state index is 12.2. The second-order valence-electron chi connectivity index (χ2n) is 5.68. The van der Waals surface area contributed by atoms with Crippen LogP contribution in [0.5, 0.6) is 5.75 Å². The number of rotatable bonds is 7. The van der Waals surface area contributed by atoms with Crippen LogP contribution < -0.4 is 15.4 Å². The molecule has 5 heteroatoms. The maximum absolute atomic E-state index is 12.2. The third-order valence-corrected chi connectivity index (χ3v) is 4.17. The minimum atomic E-state index is -0.124. The summed E-state index contributed by atoms with van der Waals surface area (Å²) in [6, 6.07) is 25.1. The van der Waals surface area contributed by atoms with Gasteiger partial charge in [-0.25, -0.2) is 0 Å². The summed E-state index contributed by atoms with van der Waals surface area (Å²) in [6.45, 7) is 0.627. The van der Waals surface area contributed by atoms with Crippen molar-refractivity contribution in [1.82, 2.24) is 0 Å². The van der Waals surface area contributed by atoms with Crippen LogP contribution in [0.3, 0.4) is 0 Å². The van der Waals surface area contributed by atoms with Crippen LogP contribution >= 0.6 is 15.9 Å². The van der Waals surface area contributed by atoms with E-state index in [2.05, 4.69) is 26.6 Å². The highest BCUT2D eigenvalue weighted by Crippen LogP contribution is 2.24. The molecule has 0 radical (unpaired) electrons. The van der Waals surface area contributed by atoms with E-state index < -0.39 is 0 Å². The van der Waals surface area contributed by atoms with Gasteiger partial charge in [0.05, 0.1) is 12.2 Å². The Labute approximate surface area is 161 Å². The number of carbonyl (C=O) groups is 1. The molecular formula is C21H19BrN2O2. The maximum Gasteiger partial charge on any atom is 0.243 e. The molecule has 0 fully saturated rings. The summed E-state index contributed by atoms with van der Waals surface area (Å²) in [5.74, 6) is 0.590. The molecule has 0 aliphatic carbocycles. The van der Waals surface area contributed by atoms with Crippen LogP contribution in [0, 0.1) is 0 Å². The molecule has 3 aromatic rings. The zero-order valence-corrected chi connectivity index (χ0v) is 15.7. The molecule has 3 aromatic carbocycles. The fraction of sp³-hybridized carbons (Fsp3) is 0.0952. The standard InChI is InChI=1S/C21H19BrN2O2/c22-17-9-6-10-18(13-17)24-21(25)14-23-19-11-4-5-12-20(19)26-15-16-7-2-1-3-8-16/h1-13,23H,14-15H2,(H,24,25). The predicted octanol–water partition coefficient (Wildman–Crippen LogP) is 5.08. The smallest absolute Gasteiger partial charge is 0.243 e. The van der Waals surface area contributed by atoms with Crippen LogP contribution in [0.25, 0.3) is 0 Å². The lowest BCUT2D eigenvalue weighted by atomic mass is 10.2. The zero-order chi connectivity index (χ0) is 18.2. The number of halogens is 1. The van der Waals surface area contributed by atoms with Crippen molar-refractivity contribution in [2.24, 2.45) is 0 Å². The summed E-state index contributed by atoms with van der Waals surface area (Å²) < 4.78 is 6.81. The van der Waals surface area contributed by atoms with Gasteiger partial charge in [-0.3, -0.25) is 4.79 Å². The molecule has 0 atom stereocenters. The van der Waals surface area contributed by atoms with E-state index in [9.17, 15) is 4.79 Å². The molecule has 0 spiro atoms. The van der Waals surface area contributed by atoms with Crippen molar-refractivity contribution in [1.29, 1.82) is 0 Å². The Hall–Kier alpha value is -2.79. The number of hydrogen-bond acceptors (Lipinski definition) is 3. The van der Waals surface area contributed by atoms with E-state index in [1.807, 2.05) is 78.9 Å². The molecule has 0 aromatic heterocycles. The van der Waals surface area contributed by atoms with E-state index in [0.717, 1.165) is 21.4 Å². The summed E-state index contributed by atoms with van der Waals surface area (Å²) >= 11 is 3.39.